The molecule has 0 radical (unpaired) electrons. The van der Waals surface area contributed by atoms with Crippen LogP contribution < -0.4 is 4.74 Å². The third-order valence-electron chi connectivity index (χ3n) is 3.89. The van der Waals surface area contributed by atoms with E-state index < -0.39 is 29.7 Å². The number of ether oxygens (including phenoxy) is 4. The normalized spacial score (nSPS) is 17.0. The number of hydrogen-bond acceptors (Lipinski definition) is 6. The Labute approximate surface area is 149 Å². The van der Waals surface area contributed by atoms with Crippen LogP contribution in [0.15, 0.2) is 18.2 Å². The molecule has 0 amide bonds. The number of morpholine rings is 1. The van der Waals surface area contributed by atoms with Gasteiger partial charge in [-0.1, -0.05) is 0 Å². The summed E-state index contributed by atoms with van der Waals surface area (Å²) in [6.07, 6.45) is -5.51. The van der Waals surface area contributed by atoms with Gasteiger partial charge in [0.15, 0.2) is 6.29 Å². The molecule has 0 bridgehead atoms. The van der Waals surface area contributed by atoms with Gasteiger partial charge in [-0.15, -0.1) is 0 Å². The van der Waals surface area contributed by atoms with Crippen LogP contribution in [0.5, 0.6) is 5.75 Å². The van der Waals surface area contributed by atoms with E-state index in [1.165, 1.54) is 14.0 Å². The van der Waals surface area contributed by atoms with Gasteiger partial charge in [0.05, 0.1) is 24.3 Å². The first kappa shape index (κ1) is 20.5. The number of rotatable bonds is 7. The van der Waals surface area contributed by atoms with Crippen molar-refractivity contribution in [1.82, 2.24) is 4.90 Å². The van der Waals surface area contributed by atoms with E-state index in [1.807, 2.05) is 0 Å². The Bertz CT molecular complexity index is 603. The molecule has 1 aromatic rings. The summed E-state index contributed by atoms with van der Waals surface area (Å²) in [5.74, 6) is -1.18. The predicted octanol–water partition coefficient (Wildman–Crippen LogP) is 2.57. The maximum atomic E-state index is 13.1. The van der Waals surface area contributed by atoms with Gasteiger partial charge in [-0.25, -0.2) is 4.79 Å². The molecular formula is C17H22F3NO5. The summed E-state index contributed by atoms with van der Waals surface area (Å²) in [4.78, 5) is 14.2. The molecule has 0 saturated carbocycles. The Morgan fingerprint density at radius 1 is 1.31 bits per heavy atom. The summed E-state index contributed by atoms with van der Waals surface area (Å²) in [5, 5.41) is 0. The third kappa shape index (κ3) is 5.86. The summed E-state index contributed by atoms with van der Waals surface area (Å²) in [5.41, 5.74) is -0.996. The second-order valence-electron chi connectivity index (χ2n) is 5.72. The van der Waals surface area contributed by atoms with Gasteiger partial charge in [0, 0.05) is 26.7 Å². The molecule has 1 saturated heterocycles. The molecule has 146 valence electrons. The zero-order valence-electron chi connectivity index (χ0n) is 14.7. The first-order chi connectivity index (χ1) is 12.3. The van der Waals surface area contributed by atoms with Gasteiger partial charge >= 0.3 is 12.1 Å². The van der Waals surface area contributed by atoms with Crippen molar-refractivity contribution in [3.8, 4) is 5.75 Å². The van der Waals surface area contributed by atoms with Gasteiger partial charge in [0.2, 0.25) is 0 Å². The topological polar surface area (TPSA) is 57.2 Å². The maximum Gasteiger partial charge on any atom is 0.419 e. The number of alkyl halides is 3. The zero-order valence-corrected chi connectivity index (χ0v) is 14.7. The molecule has 2 rings (SSSR count). The Morgan fingerprint density at radius 3 is 2.62 bits per heavy atom. The van der Waals surface area contributed by atoms with Gasteiger partial charge < -0.3 is 18.9 Å². The summed E-state index contributed by atoms with van der Waals surface area (Å²) in [6.45, 7) is 4.91. The lowest BCUT2D eigenvalue weighted by atomic mass is 10.1. The van der Waals surface area contributed by atoms with Crippen LogP contribution in [0.4, 0.5) is 13.2 Å². The maximum absolute atomic E-state index is 13.1. The summed E-state index contributed by atoms with van der Waals surface area (Å²) in [6, 6.07) is 2.90. The van der Waals surface area contributed by atoms with Crippen LogP contribution >= 0.6 is 0 Å². The lowest BCUT2D eigenvalue weighted by molar-refractivity contribution is -0.141. The van der Waals surface area contributed by atoms with Crippen molar-refractivity contribution in [3.05, 3.63) is 29.3 Å². The van der Waals surface area contributed by atoms with Crippen LogP contribution in [0.3, 0.4) is 0 Å². The monoisotopic (exact) mass is 377 g/mol. The molecule has 1 fully saturated rings. The molecule has 9 heteroatoms. The summed E-state index contributed by atoms with van der Waals surface area (Å²) < 4.78 is 59.6. The fraction of sp³-hybridized carbons (Fsp3) is 0.588. The van der Waals surface area contributed by atoms with Crippen LogP contribution in [0, 0.1) is 0 Å². The van der Waals surface area contributed by atoms with Crippen molar-refractivity contribution in [2.24, 2.45) is 0 Å². The lowest BCUT2D eigenvalue weighted by Gasteiger charge is -2.26. The largest absolute Gasteiger partial charge is 0.465 e. The van der Waals surface area contributed by atoms with Gasteiger partial charge in [-0.05, 0) is 25.1 Å². The van der Waals surface area contributed by atoms with Gasteiger partial charge in [0.25, 0.3) is 0 Å². The van der Waals surface area contributed by atoms with E-state index in [-0.39, 0.29) is 12.2 Å². The minimum atomic E-state index is -4.61. The average molecular weight is 377 g/mol. The first-order valence-electron chi connectivity index (χ1n) is 8.19. The minimum Gasteiger partial charge on any atom is -0.465 e. The van der Waals surface area contributed by atoms with E-state index in [4.69, 9.17) is 18.9 Å². The molecule has 1 aliphatic rings. The average Bonchev–Trinajstić information content (AvgIpc) is 2.61. The molecule has 1 unspecified atom stereocenters. The fourth-order valence-corrected chi connectivity index (χ4v) is 2.38. The van der Waals surface area contributed by atoms with Crippen molar-refractivity contribution < 1.29 is 36.9 Å². The van der Waals surface area contributed by atoms with E-state index in [0.29, 0.717) is 19.8 Å². The Kier molecular flexibility index (Phi) is 7.24. The van der Waals surface area contributed by atoms with E-state index in [1.54, 1.807) is 0 Å². The number of methoxy groups -OCH3 is 1. The van der Waals surface area contributed by atoms with E-state index >= 15 is 0 Å². The standard InChI is InChI=1S/C17H22F3NO5/c1-12(23-2)26-15-11-13(3-4-14(15)17(18,19)20)16(22)25-10-7-21-5-8-24-9-6-21/h3-4,11-12H,5-10H2,1-2H3. The molecule has 1 aromatic carbocycles. The molecular weight excluding hydrogens is 355 g/mol. The number of carbonyl (C=O) groups is 1. The molecule has 0 N–H and O–H groups in total. The highest BCUT2D eigenvalue weighted by Crippen LogP contribution is 2.37. The highest BCUT2D eigenvalue weighted by molar-refractivity contribution is 5.90. The molecule has 26 heavy (non-hydrogen) atoms. The molecule has 1 aliphatic heterocycles. The lowest BCUT2D eigenvalue weighted by Crippen LogP contribution is -2.38. The van der Waals surface area contributed by atoms with Crippen molar-refractivity contribution in [3.63, 3.8) is 0 Å². The molecule has 0 spiro atoms. The van der Waals surface area contributed by atoms with Crippen molar-refractivity contribution >= 4 is 5.97 Å². The molecule has 6 nitrogen and oxygen atoms in total. The second-order valence-corrected chi connectivity index (χ2v) is 5.72. The summed E-state index contributed by atoms with van der Waals surface area (Å²) in [7, 11) is 1.31. The predicted molar refractivity (Wildman–Crippen MR) is 86.1 cm³/mol. The van der Waals surface area contributed by atoms with Crippen molar-refractivity contribution in [2.75, 3.05) is 46.6 Å². The molecule has 0 aliphatic carbocycles. The van der Waals surface area contributed by atoms with Crippen LogP contribution in [-0.4, -0.2) is 63.7 Å². The third-order valence-corrected chi connectivity index (χ3v) is 3.89. The molecule has 0 aromatic heterocycles. The molecule has 1 heterocycles. The van der Waals surface area contributed by atoms with Crippen LogP contribution in [0.25, 0.3) is 0 Å². The van der Waals surface area contributed by atoms with E-state index in [0.717, 1.165) is 31.3 Å². The minimum absolute atomic E-state index is 0.0155. The SMILES string of the molecule is COC(C)Oc1cc(C(=O)OCCN2CCOCC2)ccc1C(F)(F)F. The van der Waals surface area contributed by atoms with Crippen molar-refractivity contribution in [1.29, 1.82) is 0 Å². The Morgan fingerprint density at radius 2 is 2.00 bits per heavy atom. The second kappa shape index (κ2) is 9.20. The van der Waals surface area contributed by atoms with Gasteiger partial charge in [0.1, 0.15) is 12.4 Å². The quantitative estimate of drug-likeness (QED) is 0.538. The van der Waals surface area contributed by atoms with E-state index in [9.17, 15) is 18.0 Å². The van der Waals surface area contributed by atoms with E-state index in [2.05, 4.69) is 4.90 Å². The van der Waals surface area contributed by atoms with Gasteiger partial charge in [-0.2, -0.15) is 13.2 Å². The highest BCUT2D eigenvalue weighted by atomic mass is 19.4. The number of nitrogens with zero attached hydrogens (tertiary/aromatic N) is 1. The molecule has 1 atom stereocenters. The van der Waals surface area contributed by atoms with Crippen LogP contribution in [0.1, 0.15) is 22.8 Å². The number of benzene rings is 1. The fourth-order valence-electron chi connectivity index (χ4n) is 2.38. The highest BCUT2D eigenvalue weighted by Gasteiger charge is 2.35. The Balaban J connectivity index is 2.02. The first-order valence-corrected chi connectivity index (χ1v) is 8.19. The summed E-state index contributed by atoms with van der Waals surface area (Å²) >= 11 is 0. The number of esters is 1. The number of halogens is 3. The smallest absolute Gasteiger partial charge is 0.419 e. The van der Waals surface area contributed by atoms with Crippen LogP contribution in [-0.2, 0) is 20.4 Å². The van der Waals surface area contributed by atoms with Crippen LogP contribution in [0.2, 0.25) is 0 Å². The Hall–Kier alpha value is -1.84. The van der Waals surface area contributed by atoms with Gasteiger partial charge in [-0.3, -0.25) is 4.90 Å². The van der Waals surface area contributed by atoms with Crippen molar-refractivity contribution in [2.45, 2.75) is 19.4 Å². The number of hydrogen-bond donors (Lipinski definition) is 0. The zero-order chi connectivity index (χ0) is 19.2. The number of carbonyl (C=O) groups excluding carboxylic acids is 1.